The number of amides is 1. The fraction of sp³-hybridized carbons (Fsp3) is 0.250. The van der Waals surface area contributed by atoms with Crippen molar-refractivity contribution in [3.8, 4) is 11.3 Å². The smallest absolute Gasteiger partial charge is 0.224 e. The van der Waals surface area contributed by atoms with Gasteiger partial charge in [-0.2, -0.15) is 0 Å². The molecule has 0 aliphatic rings. The summed E-state index contributed by atoms with van der Waals surface area (Å²) in [5, 5.41) is 2.83. The zero-order chi connectivity index (χ0) is 18.5. The van der Waals surface area contributed by atoms with Crippen LogP contribution in [0, 0.1) is 6.92 Å². The number of benzene rings is 1. The Balaban J connectivity index is 1.54. The van der Waals surface area contributed by atoms with Crippen LogP contribution in [0.1, 0.15) is 17.9 Å². The Kier molecular flexibility index (Phi) is 5.31. The van der Waals surface area contributed by atoms with Gasteiger partial charge in [0.1, 0.15) is 5.82 Å². The van der Waals surface area contributed by atoms with Gasteiger partial charge in [-0.05, 0) is 19.1 Å². The van der Waals surface area contributed by atoms with E-state index in [0.717, 1.165) is 11.4 Å². The molecule has 0 bridgehead atoms. The van der Waals surface area contributed by atoms with Gasteiger partial charge in [0.05, 0.1) is 18.1 Å². The van der Waals surface area contributed by atoms with Gasteiger partial charge in [-0.3, -0.25) is 4.79 Å². The van der Waals surface area contributed by atoms with Crippen LogP contribution in [-0.2, 0) is 11.2 Å². The quantitative estimate of drug-likeness (QED) is 0.734. The number of pyridine rings is 1. The molecule has 26 heavy (non-hydrogen) atoms. The number of rotatable bonds is 6. The molecule has 2 aromatic heterocycles. The summed E-state index contributed by atoms with van der Waals surface area (Å²) < 4.78 is 5.74. The van der Waals surface area contributed by atoms with Crippen LogP contribution >= 0.6 is 0 Å². The maximum Gasteiger partial charge on any atom is 0.224 e. The van der Waals surface area contributed by atoms with E-state index < -0.39 is 0 Å². The van der Waals surface area contributed by atoms with Crippen LogP contribution in [0.2, 0.25) is 0 Å². The maximum absolute atomic E-state index is 12.1. The number of aryl methyl sites for hydroxylation is 2. The van der Waals surface area contributed by atoms with Gasteiger partial charge < -0.3 is 14.6 Å². The number of anilines is 2. The molecule has 3 aromatic rings. The van der Waals surface area contributed by atoms with Crippen LogP contribution in [0.4, 0.5) is 11.5 Å². The summed E-state index contributed by atoms with van der Waals surface area (Å²) in [5.74, 6) is 2.01. The Morgan fingerprint density at radius 1 is 1.08 bits per heavy atom. The molecular weight excluding hydrogens is 328 g/mol. The van der Waals surface area contributed by atoms with Crippen molar-refractivity contribution < 1.29 is 9.21 Å². The number of carbonyl (C=O) groups excluding carboxylic acids is 1. The first-order chi connectivity index (χ1) is 12.5. The lowest BCUT2D eigenvalue weighted by Gasteiger charge is -2.11. The summed E-state index contributed by atoms with van der Waals surface area (Å²) in [6, 6.07) is 11.7. The standard InChI is InChI=1S/C20H22N4O2/c1-14-4-6-15(7-5-14)17-13-22-20(26-17)11-10-19(25)23-16-8-9-18(21-12-16)24(2)3/h4-9,12-13H,10-11H2,1-3H3,(H,23,25). The minimum Gasteiger partial charge on any atom is -0.441 e. The number of hydrogen-bond acceptors (Lipinski definition) is 5. The zero-order valence-corrected chi connectivity index (χ0v) is 15.2. The fourth-order valence-corrected chi connectivity index (χ4v) is 2.45. The molecule has 0 aliphatic carbocycles. The second-order valence-electron chi connectivity index (χ2n) is 6.33. The van der Waals surface area contributed by atoms with E-state index in [1.165, 1.54) is 5.56 Å². The third-order valence-corrected chi connectivity index (χ3v) is 3.95. The van der Waals surface area contributed by atoms with Crippen molar-refractivity contribution in [3.63, 3.8) is 0 Å². The number of hydrogen-bond donors (Lipinski definition) is 1. The van der Waals surface area contributed by atoms with Gasteiger partial charge in [-0.15, -0.1) is 0 Å². The lowest BCUT2D eigenvalue weighted by atomic mass is 10.1. The molecule has 0 saturated carbocycles. The summed E-state index contributed by atoms with van der Waals surface area (Å²) in [6.07, 6.45) is 4.08. The van der Waals surface area contributed by atoms with Gasteiger partial charge in [0.25, 0.3) is 0 Å². The highest BCUT2D eigenvalue weighted by Gasteiger charge is 2.09. The lowest BCUT2D eigenvalue weighted by molar-refractivity contribution is -0.116. The lowest BCUT2D eigenvalue weighted by Crippen LogP contribution is -2.14. The number of nitrogens with zero attached hydrogens (tertiary/aromatic N) is 3. The highest BCUT2D eigenvalue weighted by Crippen LogP contribution is 2.21. The Morgan fingerprint density at radius 2 is 1.85 bits per heavy atom. The highest BCUT2D eigenvalue weighted by atomic mass is 16.4. The third-order valence-electron chi connectivity index (χ3n) is 3.95. The summed E-state index contributed by atoms with van der Waals surface area (Å²) >= 11 is 0. The molecule has 0 saturated heterocycles. The van der Waals surface area contributed by atoms with Crippen LogP contribution in [0.25, 0.3) is 11.3 Å². The van der Waals surface area contributed by atoms with Crippen LogP contribution in [0.15, 0.2) is 53.2 Å². The summed E-state index contributed by atoms with van der Waals surface area (Å²) in [6.45, 7) is 2.04. The second-order valence-corrected chi connectivity index (χ2v) is 6.33. The van der Waals surface area contributed by atoms with Crippen molar-refractivity contribution in [1.29, 1.82) is 0 Å². The van der Waals surface area contributed by atoms with E-state index in [4.69, 9.17) is 4.42 Å². The monoisotopic (exact) mass is 350 g/mol. The Morgan fingerprint density at radius 3 is 2.50 bits per heavy atom. The summed E-state index contributed by atoms with van der Waals surface area (Å²) in [4.78, 5) is 22.5. The molecule has 0 spiro atoms. The average molecular weight is 350 g/mol. The average Bonchev–Trinajstić information content (AvgIpc) is 3.10. The Labute approximate surface area is 152 Å². The topological polar surface area (TPSA) is 71.3 Å². The number of oxazole rings is 1. The first kappa shape index (κ1) is 17.7. The molecule has 0 fully saturated rings. The molecule has 3 rings (SSSR count). The molecule has 0 unspecified atom stereocenters. The van der Waals surface area contributed by atoms with Crippen LogP contribution < -0.4 is 10.2 Å². The summed E-state index contributed by atoms with van der Waals surface area (Å²) in [5.41, 5.74) is 2.84. The minimum atomic E-state index is -0.0977. The maximum atomic E-state index is 12.1. The molecule has 1 amide bonds. The molecule has 0 radical (unpaired) electrons. The van der Waals surface area contributed by atoms with Crippen molar-refractivity contribution in [3.05, 3.63) is 60.2 Å². The van der Waals surface area contributed by atoms with E-state index in [-0.39, 0.29) is 5.91 Å². The van der Waals surface area contributed by atoms with Gasteiger partial charge >= 0.3 is 0 Å². The van der Waals surface area contributed by atoms with E-state index >= 15 is 0 Å². The Hall–Kier alpha value is -3.15. The van der Waals surface area contributed by atoms with Crippen LogP contribution in [0.3, 0.4) is 0 Å². The highest BCUT2D eigenvalue weighted by molar-refractivity contribution is 5.90. The predicted octanol–water partition coefficient (Wildman–Crippen LogP) is 3.68. The first-order valence-electron chi connectivity index (χ1n) is 8.46. The van der Waals surface area contributed by atoms with Crippen molar-refractivity contribution in [2.24, 2.45) is 0 Å². The molecule has 2 heterocycles. The van der Waals surface area contributed by atoms with Crippen molar-refractivity contribution in [2.75, 3.05) is 24.3 Å². The number of carbonyl (C=O) groups is 1. The molecule has 0 atom stereocenters. The van der Waals surface area contributed by atoms with Crippen LogP contribution in [-0.4, -0.2) is 30.0 Å². The van der Waals surface area contributed by atoms with Crippen molar-refractivity contribution in [1.82, 2.24) is 9.97 Å². The SMILES string of the molecule is Cc1ccc(-c2cnc(CCC(=O)Nc3ccc(N(C)C)nc3)o2)cc1. The van der Waals surface area contributed by atoms with E-state index in [0.29, 0.717) is 30.2 Å². The zero-order valence-electron chi connectivity index (χ0n) is 15.2. The summed E-state index contributed by atoms with van der Waals surface area (Å²) in [7, 11) is 3.84. The molecule has 6 nitrogen and oxygen atoms in total. The van der Waals surface area contributed by atoms with Gasteiger partial charge in [-0.25, -0.2) is 9.97 Å². The molecule has 1 aromatic carbocycles. The molecule has 134 valence electrons. The largest absolute Gasteiger partial charge is 0.441 e. The predicted molar refractivity (Wildman–Crippen MR) is 102 cm³/mol. The van der Waals surface area contributed by atoms with E-state index in [2.05, 4.69) is 15.3 Å². The van der Waals surface area contributed by atoms with E-state index in [1.54, 1.807) is 12.4 Å². The number of aromatic nitrogens is 2. The number of nitrogens with one attached hydrogen (secondary N) is 1. The minimum absolute atomic E-state index is 0.0977. The Bertz CT molecular complexity index is 868. The van der Waals surface area contributed by atoms with Crippen molar-refractivity contribution in [2.45, 2.75) is 19.8 Å². The molecular formula is C20H22N4O2. The third kappa shape index (κ3) is 4.47. The van der Waals surface area contributed by atoms with Gasteiger partial charge in [0.2, 0.25) is 5.91 Å². The van der Waals surface area contributed by atoms with E-state index in [1.807, 2.05) is 62.3 Å². The second kappa shape index (κ2) is 7.82. The first-order valence-corrected chi connectivity index (χ1v) is 8.46. The molecule has 0 aliphatic heterocycles. The van der Waals surface area contributed by atoms with Gasteiger partial charge in [0, 0.05) is 32.5 Å². The fourth-order valence-electron chi connectivity index (χ4n) is 2.45. The normalized spacial score (nSPS) is 10.6. The van der Waals surface area contributed by atoms with Crippen molar-refractivity contribution >= 4 is 17.4 Å². The molecule has 6 heteroatoms. The van der Waals surface area contributed by atoms with Gasteiger partial charge in [0.15, 0.2) is 11.7 Å². The van der Waals surface area contributed by atoms with Crippen LogP contribution in [0.5, 0.6) is 0 Å². The van der Waals surface area contributed by atoms with E-state index in [9.17, 15) is 4.79 Å². The van der Waals surface area contributed by atoms with Gasteiger partial charge in [-0.1, -0.05) is 29.8 Å². The molecule has 1 N–H and O–H groups in total.